The van der Waals surface area contributed by atoms with Crippen molar-refractivity contribution >= 4 is 64.8 Å². The summed E-state index contributed by atoms with van der Waals surface area (Å²) in [6.07, 6.45) is 3.84. The molecule has 23 nitrogen and oxygen atoms in total. The number of aliphatic hydroxyl groups is 2. The Balaban J connectivity index is 0.732. The van der Waals surface area contributed by atoms with Crippen molar-refractivity contribution in [3.05, 3.63) is 178 Å². The fourth-order valence-corrected chi connectivity index (χ4v) is 12.0. The predicted octanol–water partition coefficient (Wildman–Crippen LogP) is 7.44. The molecule has 0 spiro atoms. The van der Waals surface area contributed by atoms with E-state index in [0.717, 1.165) is 21.6 Å². The molecule has 0 saturated carbocycles. The Labute approximate surface area is 531 Å². The molecule has 0 saturated heterocycles. The number of nitrogens with zero attached hydrogens (tertiary/aromatic N) is 6. The number of benzene rings is 5. The molecule has 0 aliphatic carbocycles. The van der Waals surface area contributed by atoms with Crippen LogP contribution in [0.3, 0.4) is 0 Å². The molecule has 0 bridgehead atoms. The van der Waals surface area contributed by atoms with E-state index in [9.17, 15) is 43.8 Å². The average Bonchev–Trinajstić information content (AvgIpc) is 1.58. The maximum absolute atomic E-state index is 14.8. The first-order valence-electron chi connectivity index (χ1n) is 30.7. The van der Waals surface area contributed by atoms with Crippen LogP contribution in [0.15, 0.2) is 132 Å². The summed E-state index contributed by atoms with van der Waals surface area (Å²) >= 11 is 0. The zero-order valence-electron chi connectivity index (χ0n) is 51.7. The van der Waals surface area contributed by atoms with Gasteiger partial charge in [0.1, 0.15) is 38.1 Å². The number of nitrogens with one attached hydrogen (secondary N) is 3. The van der Waals surface area contributed by atoms with Gasteiger partial charge in [0.2, 0.25) is 23.6 Å². The van der Waals surface area contributed by atoms with E-state index < -0.39 is 54.4 Å². The molecular formula is C69H73N9O14. The number of aliphatic imine (C=N–C) groups is 1. The molecule has 1 aromatic heterocycles. The first-order valence-corrected chi connectivity index (χ1v) is 30.7. The lowest BCUT2D eigenvalue weighted by molar-refractivity contribution is -0.132. The number of pyridine rings is 1. The van der Waals surface area contributed by atoms with Crippen LogP contribution in [0.4, 0.5) is 21.9 Å². The van der Waals surface area contributed by atoms with Crippen molar-refractivity contribution in [2.45, 2.75) is 129 Å². The Morgan fingerprint density at radius 2 is 1.29 bits per heavy atom. The number of ether oxygens (including phenoxy) is 5. The maximum Gasteiger partial charge on any atom is 0.416 e. The lowest BCUT2D eigenvalue weighted by atomic mass is 9.93. The summed E-state index contributed by atoms with van der Waals surface area (Å²) in [6.45, 7) is 5.71. The zero-order valence-corrected chi connectivity index (χ0v) is 51.7. The van der Waals surface area contributed by atoms with Crippen LogP contribution in [-0.4, -0.2) is 135 Å². The molecule has 6 atom stereocenters. The first-order chi connectivity index (χ1) is 44.4. The Bertz CT molecular complexity index is 3870. The minimum Gasteiger partial charge on any atom is -0.493 e. The summed E-state index contributed by atoms with van der Waals surface area (Å²) in [6, 6.07) is 30.8. The van der Waals surface area contributed by atoms with Crippen LogP contribution in [0.1, 0.15) is 106 Å². The SMILES string of the molecule is COc1cc2c(cc1OCc1cccc(COc3cc4c(cc3OC)C(=O)N3Cc5ccccc5C[C@H]3C(O)N4C(=O)OCc3ccc(NC(=O)[C@H](C)NC(=O)[C@@H](NC(=O)CCCCCN4C(=O)C=CC4O)C(C)C)cc3)n1)N=C[C@@H]1Cc3ccccc3CN1C2=O. The number of rotatable bonds is 22. The summed E-state index contributed by atoms with van der Waals surface area (Å²) in [7, 11) is 2.93. The minimum atomic E-state index is -1.59. The van der Waals surface area contributed by atoms with Crippen LogP contribution >= 0.6 is 0 Å². The second-order valence-electron chi connectivity index (χ2n) is 23.6. The predicted molar refractivity (Wildman–Crippen MR) is 338 cm³/mol. The molecule has 478 valence electrons. The van der Waals surface area contributed by atoms with Gasteiger partial charge in [-0.1, -0.05) is 87.0 Å². The molecule has 0 fully saturated rings. The van der Waals surface area contributed by atoms with Crippen molar-refractivity contribution in [1.29, 1.82) is 0 Å². The van der Waals surface area contributed by atoms with E-state index in [1.807, 2.05) is 53.6 Å². The van der Waals surface area contributed by atoms with Gasteiger partial charge in [0.15, 0.2) is 29.2 Å². The smallest absolute Gasteiger partial charge is 0.416 e. The van der Waals surface area contributed by atoms with Gasteiger partial charge in [0.25, 0.3) is 11.8 Å². The van der Waals surface area contributed by atoms with Gasteiger partial charge < -0.3 is 64.5 Å². The van der Waals surface area contributed by atoms with Gasteiger partial charge in [-0.2, -0.15) is 0 Å². The largest absolute Gasteiger partial charge is 0.493 e. The fraction of sp³-hybridized carbons (Fsp3) is 0.348. The molecule has 6 aromatic rings. The van der Waals surface area contributed by atoms with Crippen molar-refractivity contribution in [3.8, 4) is 23.0 Å². The standard InChI is InChI=1S/C69H73N9O14/c1-40(2)63(74-60(79)20-7-6-12-27-75-61(80)25-26-62(75)81)65(83)71-41(3)64(82)73-47-23-21-42(22-24-47)37-92-69(87)78-54-33-59(57(89-5)31-52(54)67(85)77-36-46-17-11-9-15-44(46)29-55(77)68(78)86)91-39-49-19-13-18-48(72-49)38-90-58-32-53-51(30-56(58)88-4)66(84)76-35-45-16-10-8-14-43(45)28-50(76)34-70-53/h8-11,13-19,21-26,30-34,40-41,50,55,61,63,68,80,86H,6-7,12,20,27-29,35-39H2,1-5H3,(H,71,83)(H,73,82)(H,74,79)/t41-,50-,55-,61?,63-,68?/m0/s1. The highest BCUT2D eigenvalue weighted by atomic mass is 16.6. The third kappa shape index (κ3) is 13.9. The van der Waals surface area contributed by atoms with Crippen molar-refractivity contribution in [2.24, 2.45) is 10.9 Å². The van der Waals surface area contributed by atoms with Crippen LogP contribution in [0.25, 0.3) is 0 Å². The molecule has 92 heavy (non-hydrogen) atoms. The maximum atomic E-state index is 14.8. The van der Waals surface area contributed by atoms with Crippen molar-refractivity contribution in [2.75, 3.05) is 31.0 Å². The number of hydrogen-bond acceptors (Lipinski definition) is 16. The molecule has 6 heterocycles. The second-order valence-corrected chi connectivity index (χ2v) is 23.6. The lowest BCUT2D eigenvalue weighted by Crippen LogP contribution is -2.55. The molecule has 2 unspecified atom stereocenters. The number of carbonyl (C=O) groups is 7. The molecule has 11 rings (SSSR count). The van der Waals surface area contributed by atoms with E-state index >= 15 is 0 Å². The van der Waals surface area contributed by atoms with Crippen LogP contribution < -0.4 is 39.8 Å². The number of unbranched alkanes of at least 4 members (excludes halogenated alkanes) is 2. The van der Waals surface area contributed by atoms with Crippen molar-refractivity contribution in [3.63, 3.8) is 0 Å². The average molecular weight is 1250 g/mol. The number of aliphatic hydroxyl groups excluding tert-OH is 2. The summed E-state index contributed by atoms with van der Waals surface area (Å²) in [5.41, 5.74) is 6.96. The Kier molecular flexibility index (Phi) is 19.3. The molecule has 23 heteroatoms. The zero-order chi connectivity index (χ0) is 64.7. The molecule has 5 aromatic carbocycles. The molecule has 5 N–H and O–H groups in total. The van der Waals surface area contributed by atoms with E-state index in [-0.39, 0.29) is 91.6 Å². The van der Waals surface area contributed by atoms with E-state index in [1.165, 1.54) is 55.9 Å². The number of fused-ring (bicyclic) bond motifs is 6. The third-order valence-corrected chi connectivity index (χ3v) is 17.1. The van der Waals surface area contributed by atoms with Gasteiger partial charge >= 0.3 is 6.09 Å². The van der Waals surface area contributed by atoms with E-state index in [2.05, 4.69) is 22.0 Å². The van der Waals surface area contributed by atoms with E-state index in [0.29, 0.717) is 84.2 Å². The van der Waals surface area contributed by atoms with Gasteiger partial charge in [-0.25, -0.2) is 9.69 Å². The van der Waals surface area contributed by atoms with E-state index in [4.69, 9.17) is 33.7 Å². The summed E-state index contributed by atoms with van der Waals surface area (Å²) < 4.78 is 30.2. The molecule has 5 aliphatic heterocycles. The van der Waals surface area contributed by atoms with Gasteiger partial charge in [-0.3, -0.25) is 38.7 Å². The van der Waals surface area contributed by atoms with E-state index in [1.54, 1.807) is 73.3 Å². The van der Waals surface area contributed by atoms with Gasteiger partial charge in [-0.05, 0) is 109 Å². The number of anilines is 2. The molecule has 7 amide bonds. The lowest BCUT2D eigenvalue weighted by Gasteiger charge is -2.39. The van der Waals surface area contributed by atoms with Crippen molar-refractivity contribution in [1.82, 2.24) is 30.3 Å². The molecule has 0 radical (unpaired) electrons. The highest BCUT2D eigenvalue weighted by Crippen LogP contribution is 2.43. The van der Waals surface area contributed by atoms with Crippen LogP contribution in [0.5, 0.6) is 23.0 Å². The number of carbonyl (C=O) groups excluding carboxylic acids is 7. The van der Waals surface area contributed by atoms with Gasteiger partial charge in [-0.15, -0.1) is 0 Å². The van der Waals surface area contributed by atoms with Gasteiger partial charge in [0, 0.05) is 56.2 Å². The fourth-order valence-electron chi connectivity index (χ4n) is 12.0. The number of methoxy groups -OCH3 is 2. The Hall–Kier alpha value is -10.1. The normalized spacial score (nSPS) is 18.4. The second kappa shape index (κ2) is 27.9. The Morgan fingerprint density at radius 3 is 1.95 bits per heavy atom. The number of amides is 7. The Morgan fingerprint density at radius 1 is 0.663 bits per heavy atom. The summed E-state index contributed by atoms with van der Waals surface area (Å²) in [5.74, 6) is -1.52. The number of hydrogen-bond donors (Lipinski definition) is 5. The summed E-state index contributed by atoms with van der Waals surface area (Å²) in [4.78, 5) is 110. The van der Waals surface area contributed by atoms with Crippen molar-refractivity contribution < 1.29 is 67.5 Å². The molecule has 5 aliphatic rings. The van der Waals surface area contributed by atoms with Crippen LogP contribution in [-0.2, 0) is 69.7 Å². The van der Waals surface area contributed by atoms with Crippen LogP contribution in [0.2, 0.25) is 0 Å². The molecular weight excluding hydrogens is 1180 g/mol. The van der Waals surface area contributed by atoms with Crippen LogP contribution in [0, 0.1) is 5.92 Å². The topological polar surface area (TPSA) is 280 Å². The highest BCUT2D eigenvalue weighted by Gasteiger charge is 2.46. The summed E-state index contributed by atoms with van der Waals surface area (Å²) in [5, 5.41) is 30.5. The third-order valence-electron chi connectivity index (χ3n) is 17.1. The quantitative estimate of drug-likeness (QED) is 0.0413. The minimum absolute atomic E-state index is 0.0123. The highest BCUT2D eigenvalue weighted by molar-refractivity contribution is 6.06. The monoisotopic (exact) mass is 1250 g/mol. The first kappa shape index (κ1) is 63.4. The number of aromatic nitrogens is 1. The van der Waals surface area contributed by atoms with Gasteiger partial charge in [0.05, 0.1) is 60.2 Å².